The smallest absolute Gasteiger partial charge is 0.339 e. The van der Waals surface area contributed by atoms with Crippen LogP contribution in [0, 0.1) is 0 Å². The van der Waals surface area contributed by atoms with Gasteiger partial charge in [-0.25, -0.2) is 4.79 Å². The fourth-order valence-electron chi connectivity index (χ4n) is 2.54. The summed E-state index contributed by atoms with van der Waals surface area (Å²) < 4.78 is 8.79. The molecule has 0 saturated carbocycles. The number of aromatic carboxylic acids is 1. The van der Waals surface area contributed by atoms with E-state index in [0.717, 1.165) is 17.7 Å². The first-order chi connectivity index (χ1) is 12.2. The molecule has 0 aliphatic heterocycles. The molecule has 1 N–H and O–H groups in total. The molecule has 0 aliphatic rings. The standard InChI is InChI=1S/C18H20N4O3/c1-2-25-13-17-16(18(23)24)12-22(20-17)11-15-6-4-14(5-7-15)10-21-9-3-8-19-21/h3-9,12H,2,10-11,13H2,1H3,(H,23,24). The Kier molecular flexibility index (Phi) is 5.25. The molecule has 130 valence electrons. The van der Waals surface area contributed by atoms with E-state index < -0.39 is 5.97 Å². The maximum absolute atomic E-state index is 11.3. The maximum Gasteiger partial charge on any atom is 0.339 e. The second-order valence-corrected chi connectivity index (χ2v) is 5.65. The Morgan fingerprint density at radius 2 is 1.84 bits per heavy atom. The van der Waals surface area contributed by atoms with Gasteiger partial charge in [0.05, 0.1) is 19.7 Å². The molecule has 0 amide bonds. The number of benzene rings is 1. The molecule has 0 radical (unpaired) electrons. The van der Waals surface area contributed by atoms with Crippen molar-refractivity contribution in [2.24, 2.45) is 0 Å². The van der Waals surface area contributed by atoms with Gasteiger partial charge in [0.1, 0.15) is 11.3 Å². The number of hydrogen-bond acceptors (Lipinski definition) is 4. The molecule has 2 aromatic heterocycles. The summed E-state index contributed by atoms with van der Waals surface area (Å²) in [5.41, 5.74) is 2.83. The zero-order chi connectivity index (χ0) is 17.6. The summed E-state index contributed by atoms with van der Waals surface area (Å²) in [7, 11) is 0. The van der Waals surface area contributed by atoms with Gasteiger partial charge >= 0.3 is 5.97 Å². The predicted molar refractivity (Wildman–Crippen MR) is 91.4 cm³/mol. The largest absolute Gasteiger partial charge is 0.478 e. The third kappa shape index (κ3) is 4.33. The number of nitrogens with zero attached hydrogens (tertiary/aromatic N) is 4. The summed E-state index contributed by atoms with van der Waals surface area (Å²) in [6.07, 6.45) is 5.23. The van der Waals surface area contributed by atoms with Crippen molar-refractivity contribution in [1.29, 1.82) is 0 Å². The first kappa shape index (κ1) is 16.9. The number of hydrogen-bond donors (Lipinski definition) is 1. The lowest BCUT2D eigenvalue weighted by Gasteiger charge is -2.05. The highest BCUT2D eigenvalue weighted by atomic mass is 16.5. The van der Waals surface area contributed by atoms with Crippen molar-refractivity contribution in [3.8, 4) is 0 Å². The lowest BCUT2D eigenvalue weighted by molar-refractivity contribution is 0.0688. The van der Waals surface area contributed by atoms with Crippen LogP contribution in [0.25, 0.3) is 0 Å². The molecular weight excluding hydrogens is 320 g/mol. The summed E-state index contributed by atoms with van der Waals surface area (Å²) >= 11 is 0. The van der Waals surface area contributed by atoms with Crippen molar-refractivity contribution in [3.05, 3.63) is 71.3 Å². The van der Waals surface area contributed by atoms with E-state index in [4.69, 9.17) is 4.74 Å². The minimum atomic E-state index is -0.990. The third-order valence-corrected chi connectivity index (χ3v) is 3.78. The zero-order valence-electron chi connectivity index (χ0n) is 14.0. The first-order valence-corrected chi connectivity index (χ1v) is 8.08. The molecule has 0 spiro atoms. The molecule has 0 unspecified atom stereocenters. The van der Waals surface area contributed by atoms with Crippen LogP contribution in [-0.4, -0.2) is 37.2 Å². The monoisotopic (exact) mass is 340 g/mol. The minimum Gasteiger partial charge on any atom is -0.478 e. The second kappa shape index (κ2) is 7.76. The Morgan fingerprint density at radius 1 is 1.16 bits per heavy atom. The van der Waals surface area contributed by atoms with Gasteiger partial charge < -0.3 is 9.84 Å². The van der Waals surface area contributed by atoms with Gasteiger partial charge in [0.2, 0.25) is 0 Å². The maximum atomic E-state index is 11.3. The van der Waals surface area contributed by atoms with E-state index in [9.17, 15) is 9.90 Å². The summed E-state index contributed by atoms with van der Waals surface area (Å²) in [5.74, 6) is -0.990. The van der Waals surface area contributed by atoms with Crippen LogP contribution < -0.4 is 0 Å². The summed E-state index contributed by atoms with van der Waals surface area (Å²) in [4.78, 5) is 11.3. The van der Waals surface area contributed by atoms with Crippen molar-refractivity contribution in [3.63, 3.8) is 0 Å². The first-order valence-electron chi connectivity index (χ1n) is 8.08. The Balaban J connectivity index is 1.70. The number of carboxylic acid groups (broad SMARTS) is 1. The van der Waals surface area contributed by atoms with E-state index >= 15 is 0 Å². The van der Waals surface area contributed by atoms with Crippen molar-refractivity contribution in [2.75, 3.05) is 6.61 Å². The van der Waals surface area contributed by atoms with E-state index in [2.05, 4.69) is 10.2 Å². The Morgan fingerprint density at radius 3 is 2.40 bits per heavy atom. The van der Waals surface area contributed by atoms with Crippen LogP contribution in [0.3, 0.4) is 0 Å². The van der Waals surface area contributed by atoms with Gasteiger partial charge in [0.15, 0.2) is 0 Å². The van der Waals surface area contributed by atoms with Crippen molar-refractivity contribution in [1.82, 2.24) is 19.6 Å². The molecule has 0 bridgehead atoms. The Hall–Kier alpha value is -2.93. The highest BCUT2D eigenvalue weighted by molar-refractivity contribution is 5.88. The van der Waals surface area contributed by atoms with E-state index in [-0.39, 0.29) is 12.2 Å². The van der Waals surface area contributed by atoms with E-state index in [1.165, 1.54) is 0 Å². The molecule has 7 heteroatoms. The number of carboxylic acids is 1. The van der Waals surface area contributed by atoms with Crippen LogP contribution in [0.1, 0.15) is 34.1 Å². The van der Waals surface area contributed by atoms with Gasteiger partial charge in [0, 0.05) is 25.2 Å². The molecule has 0 fully saturated rings. The lowest BCUT2D eigenvalue weighted by atomic mass is 10.1. The molecule has 0 aliphatic carbocycles. The number of rotatable bonds is 8. The molecule has 1 aromatic carbocycles. The average molecular weight is 340 g/mol. The van der Waals surface area contributed by atoms with Gasteiger partial charge in [-0.15, -0.1) is 0 Å². The molecule has 25 heavy (non-hydrogen) atoms. The summed E-state index contributed by atoms with van der Waals surface area (Å²) in [6, 6.07) is 10.0. The van der Waals surface area contributed by atoms with Crippen LogP contribution in [-0.2, 0) is 24.4 Å². The second-order valence-electron chi connectivity index (χ2n) is 5.65. The van der Waals surface area contributed by atoms with Crippen molar-refractivity contribution >= 4 is 5.97 Å². The fraction of sp³-hybridized carbons (Fsp3) is 0.278. The molecule has 3 aromatic rings. The SMILES string of the molecule is CCOCc1nn(Cc2ccc(Cn3cccn3)cc2)cc1C(=O)O. The highest BCUT2D eigenvalue weighted by Crippen LogP contribution is 2.12. The van der Waals surface area contributed by atoms with Gasteiger partial charge in [-0.2, -0.15) is 10.2 Å². The van der Waals surface area contributed by atoms with E-state index in [1.807, 2.05) is 48.1 Å². The van der Waals surface area contributed by atoms with Gasteiger partial charge in [-0.05, 0) is 24.1 Å². The van der Waals surface area contributed by atoms with Gasteiger partial charge in [0.25, 0.3) is 0 Å². The Bertz CT molecular complexity index is 823. The molecular formula is C18H20N4O3. The molecule has 0 saturated heterocycles. The van der Waals surface area contributed by atoms with Crippen LogP contribution in [0.4, 0.5) is 0 Å². The fourth-order valence-corrected chi connectivity index (χ4v) is 2.54. The third-order valence-electron chi connectivity index (χ3n) is 3.78. The van der Waals surface area contributed by atoms with E-state index in [0.29, 0.717) is 18.8 Å². The average Bonchev–Trinajstić information content (AvgIpc) is 3.24. The van der Waals surface area contributed by atoms with Crippen LogP contribution in [0.2, 0.25) is 0 Å². The van der Waals surface area contributed by atoms with Crippen LogP contribution in [0.15, 0.2) is 48.9 Å². The number of ether oxygens (including phenoxy) is 1. The quantitative estimate of drug-likeness (QED) is 0.681. The molecule has 0 atom stereocenters. The van der Waals surface area contributed by atoms with Gasteiger partial charge in [-0.3, -0.25) is 9.36 Å². The highest BCUT2D eigenvalue weighted by Gasteiger charge is 2.15. The molecule has 3 rings (SSSR count). The summed E-state index contributed by atoms with van der Waals surface area (Å²) in [5, 5.41) is 17.8. The van der Waals surface area contributed by atoms with Crippen molar-refractivity contribution in [2.45, 2.75) is 26.6 Å². The molecule has 2 heterocycles. The number of aromatic nitrogens is 4. The topological polar surface area (TPSA) is 82.2 Å². The van der Waals surface area contributed by atoms with E-state index in [1.54, 1.807) is 17.1 Å². The van der Waals surface area contributed by atoms with Gasteiger partial charge in [-0.1, -0.05) is 24.3 Å². The minimum absolute atomic E-state index is 0.184. The normalized spacial score (nSPS) is 10.9. The van der Waals surface area contributed by atoms with Crippen LogP contribution in [0.5, 0.6) is 0 Å². The Labute approximate surface area is 145 Å². The zero-order valence-corrected chi connectivity index (χ0v) is 14.0. The van der Waals surface area contributed by atoms with Crippen molar-refractivity contribution < 1.29 is 14.6 Å². The predicted octanol–water partition coefficient (Wildman–Crippen LogP) is 2.41. The van der Waals surface area contributed by atoms with Crippen LogP contribution >= 0.6 is 0 Å². The number of carbonyl (C=O) groups is 1. The lowest BCUT2D eigenvalue weighted by Crippen LogP contribution is -2.03. The summed E-state index contributed by atoms with van der Waals surface area (Å²) in [6.45, 7) is 3.81. The molecule has 7 nitrogen and oxygen atoms in total.